The first-order valence-corrected chi connectivity index (χ1v) is 6.25. The van der Waals surface area contributed by atoms with Gasteiger partial charge in [-0.15, -0.1) is 0 Å². The van der Waals surface area contributed by atoms with Gasteiger partial charge in [0, 0.05) is 6.54 Å². The van der Waals surface area contributed by atoms with Crippen LogP contribution in [0.3, 0.4) is 0 Å². The van der Waals surface area contributed by atoms with E-state index in [2.05, 4.69) is 5.32 Å². The van der Waals surface area contributed by atoms with Crippen LogP contribution in [0.4, 0.5) is 0 Å². The average molecular weight is 216 g/mol. The van der Waals surface area contributed by atoms with E-state index in [1.807, 2.05) is 25.3 Å². The second-order valence-corrected chi connectivity index (χ2v) is 4.02. The van der Waals surface area contributed by atoms with Gasteiger partial charge >= 0.3 is 0 Å². The minimum atomic E-state index is -0.354. The quantitative estimate of drug-likeness (QED) is 0.496. The van der Waals surface area contributed by atoms with E-state index in [-0.39, 0.29) is 11.9 Å². The largest absolute Gasteiger partial charge is 0.354 e. The number of hydrogen-bond acceptors (Lipinski definition) is 3. The molecule has 0 aromatic rings. The topological polar surface area (TPSA) is 55.1 Å². The molecule has 0 heterocycles. The first kappa shape index (κ1) is 13.5. The van der Waals surface area contributed by atoms with Gasteiger partial charge in [0.2, 0.25) is 5.91 Å². The van der Waals surface area contributed by atoms with E-state index >= 15 is 0 Å². The SMILES string of the molecule is C/C=C/CCNC(=O)[C@@H](N)CCSC. The molecule has 0 saturated heterocycles. The van der Waals surface area contributed by atoms with E-state index < -0.39 is 0 Å². The molecule has 0 unspecified atom stereocenters. The third kappa shape index (κ3) is 6.97. The molecule has 0 fully saturated rings. The predicted molar refractivity (Wildman–Crippen MR) is 63.4 cm³/mol. The highest BCUT2D eigenvalue weighted by Crippen LogP contribution is 1.98. The second-order valence-electron chi connectivity index (χ2n) is 3.04. The fourth-order valence-electron chi connectivity index (χ4n) is 0.952. The molecule has 4 heteroatoms. The molecular weight excluding hydrogens is 196 g/mol. The van der Waals surface area contributed by atoms with E-state index in [0.29, 0.717) is 6.54 Å². The molecule has 0 aliphatic rings. The first-order chi connectivity index (χ1) is 6.72. The smallest absolute Gasteiger partial charge is 0.236 e. The lowest BCUT2D eigenvalue weighted by Gasteiger charge is -2.10. The Hall–Kier alpha value is -0.480. The van der Waals surface area contributed by atoms with Crippen molar-refractivity contribution in [3.8, 4) is 0 Å². The van der Waals surface area contributed by atoms with Crippen LogP contribution in [-0.4, -0.2) is 30.5 Å². The maximum Gasteiger partial charge on any atom is 0.236 e. The minimum absolute atomic E-state index is 0.0384. The van der Waals surface area contributed by atoms with Crippen LogP contribution in [-0.2, 0) is 4.79 Å². The van der Waals surface area contributed by atoms with Crippen LogP contribution in [0.1, 0.15) is 19.8 Å². The van der Waals surface area contributed by atoms with Gasteiger partial charge in [0.15, 0.2) is 0 Å². The Morgan fingerprint density at radius 1 is 1.64 bits per heavy atom. The third-order valence-corrected chi connectivity index (χ3v) is 2.46. The molecule has 0 aromatic carbocycles. The highest BCUT2D eigenvalue weighted by molar-refractivity contribution is 7.98. The number of hydrogen-bond donors (Lipinski definition) is 2. The lowest BCUT2D eigenvalue weighted by molar-refractivity contribution is -0.122. The second kappa shape index (κ2) is 9.09. The van der Waals surface area contributed by atoms with Crippen molar-refractivity contribution in [3.63, 3.8) is 0 Å². The van der Waals surface area contributed by atoms with Gasteiger partial charge in [0.25, 0.3) is 0 Å². The summed E-state index contributed by atoms with van der Waals surface area (Å²) < 4.78 is 0. The Kier molecular flexibility index (Phi) is 8.78. The van der Waals surface area contributed by atoms with Crippen molar-refractivity contribution in [2.45, 2.75) is 25.8 Å². The Morgan fingerprint density at radius 2 is 2.36 bits per heavy atom. The van der Waals surface area contributed by atoms with Crippen LogP contribution in [0.15, 0.2) is 12.2 Å². The maximum atomic E-state index is 11.3. The molecule has 0 aromatic heterocycles. The van der Waals surface area contributed by atoms with E-state index in [9.17, 15) is 4.79 Å². The van der Waals surface area contributed by atoms with E-state index in [4.69, 9.17) is 5.73 Å². The van der Waals surface area contributed by atoms with Gasteiger partial charge in [-0.25, -0.2) is 0 Å². The van der Waals surface area contributed by atoms with Crippen LogP contribution in [0.2, 0.25) is 0 Å². The van der Waals surface area contributed by atoms with Crippen LogP contribution < -0.4 is 11.1 Å². The molecule has 14 heavy (non-hydrogen) atoms. The Bertz CT molecular complexity index is 183. The fourth-order valence-corrected chi connectivity index (χ4v) is 1.44. The van der Waals surface area contributed by atoms with Crippen molar-refractivity contribution in [1.82, 2.24) is 5.32 Å². The van der Waals surface area contributed by atoms with Crippen molar-refractivity contribution in [1.29, 1.82) is 0 Å². The summed E-state index contributed by atoms with van der Waals surface area (Å²) >= 11 is 1.71. The standard InChI is InChI=1S/C10H20N2OS/c1-3-4-5-7-12-10(13)9(11)6-8-14-2/h3-4,9H,5-8,11H2,1-2H3,(H,12,13)/b4-3+/t9-/m0/s1. The van der Waals surface area contributed by atoms with Crippen molar-refractivity contribution in [3.05, 3.63) is 12.2 Å². The molecule has 0 saturated carbocycles. The van der Waals surface area contributed by atoms with Gasteiger partial charge in [-0.3, -0.25) is 4.79 Å². The summed E-state index contributed by atoms with van der Waals surface area (Å²) in [6.45, 7) is 2.64. The molecule has 0 rings (SSSR count). The number of thioether (sulfide) groups is 1. The van der Waals surface area contributed by atoms with Gasteiger partial charge in [-0.05, 0) is 31.8 Å². The van der Waals surface area contributed by atoms with Crippen LogP contribution in [0, 0.1) is 0 Å². The van der Waals surface area contributed by atoms with Crippen molar-refractivity contribution < 1.29 is 4.79 Å². The zero-order valence-corrected chi connectivity index (χ0v) is 9.77. The van der Waals surface area contributed by atoms with Gasteiger partial charge in [0.05, 0.1) is 6.04 Å². The highest BCUT2D eigenvalue weighted by Gasteiger charge is 2.10. The highest BCUT2D eigenvalue weighted by atomic mass is 32.2. The van der Waals surface area contributed by atoms with Gasteiger partial charge in [-0.1, -0.05) is 12.2 Å². The fraction of sp³-hybridized carbons (Fsp3) is 0.700. The molecule has 3 N–H and O–H groups in total. The molecular formula is C10H20N2OS. The molecule has 0 aliphatic carbocycles. The number of allylic oxidation sites excluding steroid dienone is 1. The molecule has 0 aliphatic heterocycles. The molecule has 3 nitrogen and oxygen atoms in total. The van der Waals surface area contributed by atoms with Gasteiger partial charge in [0.1, 0.15) is 0 Å². The summed E-state index contributed by atoms with van der Waals surface area (Å²) in [5, 5.41) is 2.80. The van der Waals surface area contributed by atoms with Crippen LogP contribution in [0.5, 0.6) is 0 Å². The molecule has 0 spiro atoms. The molecule has 1 amide bonds. The Morgan fingerprint density at radius 3 is 2.93 bits per heavy atom. The van der Waals surface area contributed by atoms with Crippen LogP contribution in [0.25, 0.3) is 0 Å². The van der Waals surface area contributed by atoms with Gasteiger partial charge in [-0.2, -0.15) is 11.8 Å². The van der Waals surface area contributed by atoms with Crippen molar-refractivity contribution in [2.75, 3.05) is 18.6 Å². The Labute approximate surface area is 90.5 Å². The summed E-state index contributed by atoms with van der Waals surface area (Å²) in [4.78, 5) is 11.3. The van der Waals surface area contributed by atoms with Crippen molar-refractivity contribution >= 4 is 17.7 Å². The predicted octanol–water partition coefficient (Wildman–Crippen LogP) is 1.15. The zero-order valence-electron chi connectivity index (χ0n) is 8.95. The summed E-state index contributed by atoms with van der Waals surface area (Å²) in [7, 11) is 0. The number of carbonyl (C=O) groups excluding carboxylic acids is 1. The van der Waals surface area contributed by atoms with E-state index in [1.165, 1.54) is 0 Å². The number of nitrogens with one attached hydrogen (secondary N) is 1. The number of nitrogens with two attached hydrogens (primary N) is 1. The Balaban J connectivity index is 3.51. The third-order valence-electron chi connectivity index (χ3n) is 1.82. The molecule has 0 bridgehead atoms. The van der Waals surface area contributed by atoms with E-state index in [0.717, 1.165) is 18.6 Å². The molecule has 82 valence electrons. The number of amides is 1. The number of carbonyl (C=O) groups is 1. The van der Waals surface area contributed by atoms with Crippen LogP contribution >= 0.6 is 11.8 Å². The van der Waals surface area contributed by atoms with Crippen molar-refractivity contribution in [2.24, 2.45) is 5.73 Å². The van der Waals surface area contributed by atoms with E-state index in [1.54, 1.807) is 11.8 Å². The molecule has 1 atom stereocenters. The lowest BCUT2D eigenvalue weighted by Crippen LogP contribution is -2.41. The molecule has 0 radical (unpaired) electrons. The first-order valence-electron chi connectivity index (χ1n) is 4.85. The maximum absolute atomic E-state index is 11.3. The summed E-state index contributed by atoms with van der Waals surface area (Å²) in [6.07, 6.45) is 7.62. The summed E-state index contributed by atoms with van der Waals surface area (Å²) in [6, 6.07) is -0.354. The summed E-state index contributed by atoms with van der Waals surface area (Å²) in [5.41, 5.74) is 5.67. The minimum Gasteiger partial charge on any atom is -0.354 e. The van der Waals surface area contributed by atoms with Gasteiger partial charge < -0.3 is 11.1 Å². The monoisotopic (exact) mass is 216 g/mol. The summed E-state index contributed by atoms with van der Waals surface area (Å²) in [5.74, 6) is 0.896. The lowest BCUT2D eigenvalue weighted by atomic mass is 10.2. The zero-order chi connectivity index (χ0) is 10.8. The normalized spacial score (nSPS) is 13.1. The number of rotatable bonds is 7. The average Bonchev–Trinajstić information content (AvgIpc) is 2.20.